The fraction of sp³-hybridized carbons (Fsp3) is 0.238. The van der Waals surface area contributed by atoms with Crippen LogP contribution in [0, 0.1) is 0 Å². The highest BCUT2D eigenvalue weighted by molar-refractivity contribution is 7.18. The second-order valence-electron chi connectivity index (χ2n) is 6.63. The van der Waals surface area contributed by atoms with Crippen molar-refractivity contribution in [3.05, 3.63) is 75.8 Å². The molecule has 1 amide bonds. The number of hydrogen-bond donors (Lipinski definition) is 0. The van der Waals surface area contributed by atoms with Crippen LogP contribution in [0.25, 0.3) is 10.2 Å². The molecule has 0 fully saturated rings. The number of likely N-dealkylation sites (N-methyl/N-ethyl adjacent to an activating group) is 1. The Morgan fingerprint density at radius 3 is 2.71 bits per heavy atom. The standard InChI is InChI=1S/C21H21N3O2S2/c1-23(14-20-22-18-8-2-3-9-19(18)28-20)21(25)15-24(12-16-6-4-10-26-16)13-17-7-5-11-27-17/h2-11H,12-15H2,1H3. The van der Waals surface area contributed by atoms with Crippen LogP contribution in [0.2, 0.25) is 0 Å². The number of thiophene rings is 1. The molecule has 0 aliphatic rings. The summed E-state index contributed by atoms with van der Waals surface area (Å²) in [5.41, 5.74) is 0.987. The number of aromatic nitrogens is 1. The average Bonchev–Trinajstić information content (AvgIpc) is 3.43. The van der Waals surface area contributed by atoms with Crippen LogP contribution in [0.3, 0.4) is 0 Å². The molecule has 0 atom stereocenters. The first-order chi connectivity index (χ1) is 13.7. The number of furan rings is 1. The third-order valence-electron chi connectivity index (χ3n) is 4.41. The molecule has 5 nitrogen and oxygen atoms in total. The van der Waals surface area contributed by atoms with Gasteiger partial charge >= 0.3 is 0 Å². The quantitative estimate of drug-likeness (QED) is 0.425. The van der Waals surface area contributed by atoms with Crippen LogP contribution in [0.1, 0.15) is 15.6 Å². The van der Waals surface area contributed by atoms with E-state index in [0.29, 0.717) is 19.6 Å². The van der Waals surface area contributed by atoms with Crippen molar-refractivity contribution in [1.29, 1.82) is 0 Å². The van der Waals surface area contributed by atoms with E-state index in [1.54, 1.807) is 33.8 Å². The number of carbonyl (C=O) groups excluding carboxylic acids is 1. The van der Waals surface area contributed by atoms with Gasteiger partial charge in [-0.25, -0.2) is 4.98 Å². The van der Waals surface area contributed by atoms with Gasteiger partial charge in [0.2, 0.25) is 5.91 Å². The molecule has 1 aromatic carbocycles. The molecule has 0 unspecified atom stereocenters. The summed E-state index contributed by atoms with van der Waals surface area (Å²) in [6.07, 6.45) is 1.67. The number of thiazole rings is 1. The number of rotatable bonds is 8. The predicted octanol–water partition coefficient (Wildman–Crippen LogP) is 4.61. The van der Waals surface area contributed by atoms with Crippen LogP contribution in [-0.2, 0) is 24.4 Å². The zero-order valence-corrected chi connectivity index (χ0v) is 17.2. The minimum Gasteiger partial charge on any atom is -0.468 e. The summed E-state index contributed by atoms with van der Waals surface area (Å²) in [6, 6.07) is 16.0. The Morgan fingerprint density at radius 2 is 1.96 bits per heavy atom. The largest absolute Gasteiger partial charge is 0.468 e. The van der Waals surface area contributed by atoms with Crippen molar-refractivity contribution < 1.29 is 9.21 Å². The Hall–Kier alpha value is -2.48. The lowest BCUT2D eigenvalue weighted by Gasteiger charge is -2.23. The van der Waals surface area contributed by atoms with E-state index in [2.05, 4.69) is 27.4 Å². The maximum Gasteiger partial charge on any atom is 0.236 e. The molecule has 0 N–H and O–H groups in total. The molecule has 4 rings (SSSR count). The Balaban J connectivity index is 1.41. The fourth-order valence-corrected chi connectivity index (χ4v) is 4.77. The third kappa shape index (κ3) is 4.67. The molecular weight excluding hydrogens is 390 g/mol. The van der Waals surface area contributed by atoms with Crippen LogP contribution in [0.4, 0.5) is 0 Å². The number of nitrogens with zero attached hydrogens (tertiary/aromatic N) is 3. The zero-order valence-electron chi connectivity index (χ0n) is 15.6. The molecule has 4 aromatic rings. The van der Waals surface area contributed by atoms with Crippen LogP contribution in [0.15, 0.2) is 64.6 Å². The van der Waals surface area contributed by atoms with Gasteiger partial charge in [0, 0.05) is 18.5 Å². The van der Waals surface area contributed by atoms with Crippen molar-refractivity contribution in [2.45, 2.75) is 19.6 Å². The molecule has 0 aliphatic heterocycles. The molecule has 0 saturated heterocycles. The summed E-state index contributed by atoms with van der Waals surface area (Å²) in [6.45, 7) is 2.18. The van der Waals surface area contributed by atoms with Crippen LogP contribution >= 0.6 is 22.7 Å². The average molecular weight is 412 g/mol. The van der Waals surface area contributed by atoms with Crippen molar-refractivity contribution in [3.63, 3.8) is 0 Å². The highest BCUT2D eigenvalue weighted by atomic mass is 32.1. The van der Waals surface area contributed by atoms with E-state index in [9.17, 15) is 4.79 Å². The maximum absolute atomic E-state index is 12.9. The van der Waals surface area contributed by atoms with E-state index < -0.39 is 0 Å². The summed E-state index contributed by atoms with van der Waals surface area (Å²) in [5, 5.41) is 3.01. The van der Waals surface area contributed by atoms with Gasteiger partial charge in [-0.2, -0.15) is 0 Å². The molecular formula is C21H21N3O2S2. The van der Waals surface area contributed by atoms with Gasteiger partial charge in [0.1, 0.15) is 10.8 Å². The summed E-state index contributed by atoms with van der Waals surface area (Å²) >= 11 is 3.34. The summed E-state index contributed by atoms with van der Waals surface area (Å²) in [7, 11) is 1.84. The summed E-state index contributed by atoms with van der Waals surface area (Å²) in [5.74, 6) is 0.931. The van der Waals surface area contributed by atoms with Crippen LogP contribution < -0.4 is 0 Å². The Labute approximate surface area is 171 Å². The molecule has 0 spiro atoms. The lowest BCUT2D eigenvalue weighted by Crippen LogP contribution is -2.37. The SMILES string of the molecule is CN(Cc1nc2ccccc2s1)C(=O)CN(Cc1ccco1)Cc1cccs1. The number of amides is 1. The number of benzene rings is 1. The van der Waals surface area contributed by atoms with Crippen molar-refractivity contribution in [3.8, 4) is 0 Å². The molecule has 3 heterocycles. The van der Waals surface area contributed by atoms with E-state index in [-0.39, 0.29) is 5.91 Å². The monoisotopic (exact) mass is 411 g/mol. The number of para-hydroxylation sites is 1. The topological polar surface area (TPSA) is 49.6 Å². The first kappa shape index (κ1) is 18.9. The van der Waals surface area contributed by atoms with E-state index in [1.165, 1.54) is 4.88 Å². The molecule has 0 bridgehead atoms. The van der Waals surface area contributed by atoms with E-state index >= 15 is 0 Å². The van der Waals surface area contributed by atoms with Gasteiger partial charge in [0.25, 0.3) is 0 Å². The molecule has 0 aliphatic carbocycles. The van der Waals surface area contributed by atoms with Gasteiger partial charge in [0.05, 0.1) is 36.1 Å². The van der Waals surface area contributed by atoms with Gasteiger partial charge in [0.15, 0.2) is 0 Å². The zero-order chi connectivity index (χ0) is 19.3. The molecule has 144 valence electrons. The number of hydrogen-bond acceptors (Lipinski definition) is 6. The molecule has 7 heteroatoms. The molecule has 3 aromatic heterocycles. The van der Waals surface area contributed by atoms with Gasteiger partial charge in [-0.15, -0.1) is 22.7 Å². The minimum absolute atomic E-state index is 0.0716. The van der Waals surface area contributed by atoms with E-state index in [0.717, 1.165) is 27.5 Å². The number of carbonyl (C=O) groups is 1. The highest BCUT2D eigenvalue weighted by Crippen LogP contribution is 2.22. The van der Waals surface area contributed by atoms with Crippen molar-refractivity contribution in [1.82, 2.24) is 14.8 Å². The van der Waals surface area contributed by atoms with Crippen LogP contribution in [-0.4, -0.2) is 34.3 Å². The maximum atomic E-state index is 12.9. The van der Waals surface area contributed by atoms with Crippen molar-refractivity contribution in [2.24, 2.45) is 0 Å². The van der Waals surface area contributed by atoms with Gasteiger partial charge < -0.3 is 9.32 Å². The normalized spacial score (nSPS) is 11.4. The minimum atomic E-state index is 0.0716. The van der Waals surface area contributed by atoms with Crippen molar-refractivity contribution in [2.75, 3.05) is 13.6 Å². The molecule has 0 saturated carbocycles. The molecule has 0 radical (unpaired) electrons. The summed E-state index contributed by atoms with van der Waals surface area (Å²) in [4.78, 5) is 22.6. The first-order valence-corrected chi connectivity index (χ1v) is 10.7. The third-order valence-corrected chi connectivity index (χ3v) is 6.30. The molecule has 28 heavy (non-hydrogen) atoms. The van der Waals surface area contributed by atoms with Crippen LogP contribution in [0.5, 0.6) is 0 Å². The van der Waals surface area contributed by atoms with Gasteiger partial charge in [-0.05, 0) is 35.7 Å². The Morgan fingerprint density at radius 1 is 1.07 bits per heavy atom. The van der Waals surface area contributed by atoms with Gasteiger partial charge in [-0.1, -0.05) is 18.2 Å². The van der Waals surface area contributed by atoms with E-state index in [4.69, 9.17) is 4.42 Å². The fourth-order valence-electron chi connectivity index (χ4n) is 3.00. The lowest BCUT2D eigenvalue weighted by molar-refractivity contribution is -0.132. The predicted molar refractivity (Wildman–Crippen MR) is 113 cm³/mol. The van der Waals surface area contributed by atoms with Gasteiger partial charge in [-0.3, -0.25) is 9.69 Å². The second-order valence-corrected chi connectivity index (χ2v) is 8.78. The Kier molecular flexibility index (Phi) is 5.85. The second kappa shape index (κ2) is 8.68. The summed E-state index contributed by atoms with van der Waals surface area (Å²) < 4.78 is 6.63. The smallest absolute Gasteiger partial charge is 0.236 e. The van der Waals surface area contributed by atoms with Crippen molar-refractivity contribution >= 4 is 38.8 Å². The Bertz CT molecular complexity index is 956. The first-order valence-electron chi connectivity index (χ1n) is 9.03. The lowest BCUT2D eigenvalue weighted by atomic mass is 10.3. The number of fused-ring (bicyclic) bond motifs is 1. The van der Waals surface area contributed by atoms with E-state index in [1.807, 2.05) is 43.4 Å². The highest BCUT2D eigenvalue weighted by Gasteiger charge is 2.18.